The van der Waals surface area contributed by atoms with Crippen molar-refractivity contribution in [2.75, 3.05) is 0 Å². The second-order valence-corrected chi connectivity index (χ2v) is 7.30. The number of carbonyl (C=O) groups is 1. The highest BCUT2D eigenvalue weighted by atomic mass is 17.5. The normalized spacial score (nSPS) is 13.2. The summed E-state index contributed by atoms with van der Waals surface area (Å²) < 4.78 is 0. The van der Waals surface area contributed by atoms with Gasteiger partial charge in [0.15, 0.2) is 0 Å². The Hall–Kier alpha value is -0.610. The molecule has 0 saturated heterocycles. The maximum Gasteiger partial charge on any atom is 0.346 e. The summed E-state index contributed by atoms with van der Waals surface area (Å²) in [5, 5.41) is 4.62. The first-order valence-electron chi connectivity index (χ1n) is 7.01. The highest BCUT2D eigenvalue weighted by Crippen LogP contribution is 2.29. The fraction of sp³-hybridized carbons (Fsp3) is 0.933. The van der Waals surface area contributed by atoms with Crippen LogP contribution < -0.4 is 0 Å². The minimum atomic E-state index is -0.492. The molecule has 114 valence electrons. The van der Waals surface area contributed by atoms with Gasteiger partial charge in [-0.15, -0.1) is 0 Å². The maximum atomic E-state index is 11.7. The first-order valence-corrected chi connectivity index (χ1v) is 7.01. The van der Waals surface area contributed by atoms with Crippen LogP contribution in [-0.2, 0) is 19.6 Å². The fourth-order valence-corrected chi connectivity index (χ4v) is 1.84. The van der Waals surface area contributed by atoms with Crippen LogP contribution in [0.1, 0.15) is 68.2 Å². The molecule has 0 saturated carbocycles. The van der Waals surface area contributed by atoms with Gasteiger partial charge in [0.1, 0.15) is 5.60 Å². The molecule has 0 aliphatic carbocycles. The van der Waals surface area contributed by atoms with Crippen molar-refractivity contribution in [2.45, 2.75) is 73.8 Å². The minimum absolute atomic E-state index is 0.0951. The molecule has 0 aliphatic heterocycles. The maximum absolute atomic E-state index is 11.7. The van der Waals surface area contributed by atoms with E-state index in [0.717, 1.165) is 6.42 Å². The van der Waals surface area contributed by atoms with Gasteiger partial charge in [-0.05, 0) is 42.6 Å². The summed E-state index contributed by atoms with van der Waals surface area (Å²) in [7, 11) is 0. The Balaban J connectivity index is 4.07. The molecule has 0 heterocycles. The van der Waals surface area contributed by atoms with Crippen LogP contribution >= 0.6 is 0 Å². The fourth-order valence-electron chi connectivity index (χ4n) is 1.84. The molecule has 0 amide bonds. The van der Waals surface area contributed by atoms with Gasteiger partial charge in [-0.25, -0.2) is 4.79 Å². The van der Waals surface area contributed by atoms with Crippen LogP contribution in [0.25, 0.3) is 0 Å². The molecule has 0 rings (SSSR count). The predicted molar refractivity (Wildman–Crippen MR) is 75.0 cm³/mol. The van der Waals surface area contributed by atoms with E-state index in [2.05, 4.69) is 23.8 Å². The molecule has 19 heavy (non-hydrogen) atoms. The average Bonchev–Trinajstić information content (AvgIpc) is 2.13. The Bertz CT molecular complexity index is 280. The highest BCUT2D eigenvalue weighted by molar-refractivity contribution is 5.69. The van der Waals surface area contributed by atoms with Crippen molar-refractivity contribution in [3.8, 4) is 0 Å². The molecular weight excluding hydrogens is 244 g/mol. The third-order valence-corrected chi connectivity index (χ3v) is 3.35. The molecule has 0 bridgehead atoms. The van der Waals surface area contributed by atoms with E-state index in [0.29, 0.717) is 12.3 Å². The lowest BCUT2D eigenvalue weighted by Crippen LogP contribution is -2.31. The van der Waals surface area contributed by atoms with Gasteiger partial charge in [0, 0.05) is 0 Å². The van der Waals surface area contributed by atoms with E-state index in [4.69, 9.17) is 4.89 Å². The van der Waals surface area contributed by atoms with Crippen molar-refractivity contribution in [2.24, 2.45) is 17.3 Å². The van der Waals surface area contributed by atoms with Gasteiger partial charge in [-0.3, -0.25) is 4.89 Å². The van der Waals surface area contributed by atoms with Crippen LogP contribution in [0, 0.1) is 17.3 Å². The summed E-state index contributed by atoms with van der Waals surface area (Å²) in [4.78, 5) is 21.5. The molecule has 0 aromatic carbocycles. The van der Waals surface area contributed by atoms with E-state index in [9.17, 15) is 4.79 Å². The minimum Gasteiger partial charge on any atom is -0.269 e. The Morgan fingerprint density at radius 1 is 1.05 bits per heavy atom. The van der Waals surface area contributed by atoms with Crippen LogP contribution in [0.15, 0.2) is 0 Å². The summed E-state index contributed by atoms with van der Waals surface area (Å²) in [5.74, 6) is 0.397. The Labute approximate surface area is 117 Å². The van der Waals surface area contributed by atoms with Crippen LogP contribution in [0.2, 0.25) is 0 Å². The SMILES string of the molecule is CC(C)CC(C)(C)CC(=O)OOOC(C)(C)C(C)C. The van der Waals surface area contributed by atoms with Crippen molar-refractivity contribution < 1.29 is 19.6 Å². The zero-order chi connectivity index (χ0) is 15.3. The summed E-state index contributed by atoms with van der Waals surface area (Å²) in [6, 6.07) is 0. The first kappa shape index (κ1) is 18.4. The molecule has 0 aliphatic rings. The van der Waals surface area contributed by atoms with Crippen molar-refractivity contribution in [1.29, 1.82) is 0 Å². The van der Waals surface area contributed by atoms with E-state index in [1.165, 1.54) is 0 Å². The van der Waals surface area contributed by atoms with Gasteiger partial charge in [0.2, 0.25) is 0 Å². The molecule has 0 atom stereocenters. The van der Waals surface area contributed by atoms with Crippen molar-refractivity contribution >= 4 is 5.97 Å². The molecule has 4 nitrogen and oxygen atoms in total. The van der Waals surface area contributed by atoms with Crippen molar-refractivity contribution in [3.63, 3.8) is 0 Å². The lowest BCUT2D eigenvalue weighted by Gasteiger charge is -2.27. The lowest BCUT2D eigenvalue weighted by molar-refractivity contribution is -0.521. The molecule has 0 N–H and O–H groups in total. The topological polar surface area (TPSA) is 44.8 Å². The van der Waals surface area contributed by atoms with Crippen LogP contribution in [0.3, 0.4) is 0 Å². The quantitative estimate of drug-likeness (QED) is 0.489. The Kier molecular flexibility index (Phi) is 7.01. The van der Waals surface area contributed by atoms with E-state index < -0.39 is 11.6 Å². The van der Waals surface area contributed by atoms with Crippen LogP contribution in [0.4, 0.5) is 0 Å². The van der Waals surface area contributed by atoms with Gasteiger partial charge >= 0.3 is 5.97 Å². The molecule has 0 fully saturated rings. The first-order chi connectivity index (χ1) is 8.46. The molecule has 0 aromatic heterocycles. The predicted octanol–water partition coefficient (Wildman–Crippen LogP) is 4.29. The van der Waals surface area contributed by atoms with E-state index in [1.54, 1.807) is 0 Å². The second-order valence-electron chi connectivity index (χ2n) is 7.30. The third kappa shape index (κ3) is 8.22. The van der Waals surface area contributed by atoms with Crippen LogP contribution in [0.5, 0.6) is 0 Å². The zero-order valence-corrected chi connectivity index (χ0v) is 13.7. The number of rotatable bonds is 8. The molecule has 0 radical (unpaired) electrons. The van der Waals surface area contributed by atoms with Gasteiger partial charge in [-0.1, -0.05) is 41.5 Å². The number of hydrogen-bond donors (Lipinski definition) is 0. The van der Waals surface area contributed by atoms with E-state index in [1.807, 2.05) is 41.5 Å². The molecule has 4 heteroatoms. The van der Waals surface area contributed by atoms with Crippen LogP contribution in [-0.4, -0.2) is 11.6 Å². The van der Waals surface area contributed by atoms with Crippen molar-refractivity contribution in [3.05, 3.63) is 0 Å². The molecule has 0 spiro atoms. The van der Waals surface area contributed by atoms with E-state index in [-0.39, 0.29) is 11.3 Å². The lowest BCUT2D eigenvalue weighted by atomic mass is 9.81. The molecular formula is C15H30O4. The summed E-state index contributed by atoms with van der Waals surface area (Å²) in [5.41, 5.74) is -0.587. The third-order valence-electron chi connectivity index (χ3n) is 3.35. The molecule has 0 unspecified atom stereocenters. The highest BCUT2D eigenvalue weighted by Gasteiger charge is 2.28. The van der Waals surface area contributed by atoms with Gasteiger partial charge < -0.3 is 0 Å². The zero-order valence-electron chi connectivity index (χ0n) is 13.7. The standard InChI is InChI=1S/C15H30O4/c1-11(2)9-14(5,6)10-13(16)17-19-18-15(7,8)12(3)4/h11-12H,9-10H2,1-8H3. The van der Waals surface area contributed by atoms with Gasteiger partial charge in [0.25, 0.3) is 0 Å². The number of carbonyl (C=O) groups excluding carboxylic acids is 1. The second kappa shape index (κ2) is 7.25. The summed E-state index contributed by atoms with van der Waals surface area (Å²) in [6.07, 6.45) is 1.27. The Morgan fingerprint density at radius 3 is 2.00 bits per heavy atom. The molecule has 0 aromatic rings. The summed E-state index contributed by atoms with van der Waals surface area (Å²) in [6.45, 7) is 16.2. The summed E-state index contributed by atoms with van der Waals surface area (Å²) >= 11 is 0. The number of hydrogen-bond acceptors (Lipinski definition) is 4. The van der Waals surface area contributed by atoms with Gasteiger partial charge in [0.05, 0.1) is 6.42 Å². The largest absolute Gasteiger partial charge is 0.346 e. The average molecular weight is 274 g/mol. The van der Waals surface area contributed by atoms with Gasteiger partial charge in [-0.2, -0.15) is 4.89 Å². The monoisotopic (exact) mass is 274 g/mol. The van der Waals surface area contributed by atoms with E-state index >= 15 is 0 Å². The Morgan fingerprint density at radius 2 is 1.58 bits per heavy atom. The van der Waals surface area contributed by atoms with Crippen molar-refractivity contribution in [1.82, 2.24) is 0 Å². The smallest absolute Gasteiger partial charge is 0.269 e.